The van der Waals surface area contributed by atoms with Gasteiger partial charge in [0.05, 0.1) is 5.25 Å². The fourth-order valence-corrected chi connectivity index (χ4v) is 3.49. The predicted molar refractivity (Wildman–Crippen MR) is 88.0 cm³/mol. The van der Waals surface area contributed by atoms with Crippen LogP contribution in [0, 0.1) is 0 Å². The summed E-state index contributed by atoms with van der Waals surface area (Å²) in [5, 5.41) is 0.385. The molecule has 3 rings (SSSR count). The number of oxazole rings is 1. The average molecular weight is 319 g/mol. The molecule has 2 heterocycles. The van der Waals surface area contributed by atoms with Crippen molar-refractivity contribution < 1.29 is 9.21 Å². The highest BCUT2D eigenvalue weighted by Crippen LogP contribution is 2.27. The zero-order valence-electron chi connectivity index (χ0n) is 13.0. The SMILES string of the molecule is CCN1CCN(C(=O)C(C)Sc2nc3ccccc3o2)CC1. The Labute approximate surface area is 134 Å². The Bertz CT molecular complexity index is 617. The van der Waals surface area contributed by atoms with E-state index in [9.17, 15) is 4.79 Å². The minimum absolute atomic E-state index is 0.169. The number of rotatable bonds is 4. The highest BCUT2D eigenvalue weighted by atomic mass is 32.2. The first-order valence-electron chi connectivity index (χ1n) is 7.70. The number of hydrogen-bond acceptors (Lipinski definition) is 5. The summed E-state index contributed by atoms with van der Waals surface area (Å²) in [5.41, 5.74) is 1.60. The van der Waals surface area contributed by atoms with Gasteiger partial charge < -0.3 is 14.2 Å². The normalized spacial score (nSPS) is 17.8. The molecule has 1 saturated heterocycles. The maximum atomic E-state index is 12.5. The molecule has 22 heavy (non-hydrogen) atoms. The summed E-state index contributed by atoms with van der Waals surface area (Å²) in [5.74, 6) is 0.169. The molecule has 1 unspecified atom stereocenters. The van der Waals surface area contributed by atoms with Gasteiger partial charge in [-0.2, -0.15) is 0 Å². The summed E-state index contributed by atoms with van der Waals surface area (Å²) in [4.78, 5) is 21.3. The van der Waals surface area contributed by atoms with Crippen molar-refractivity contribution in [1.82, 2.24) is 14.8 Å². The number of carbonyl (C=O) groups is 1. The first-order valence-corrected chi connectivity index (χ1v) is 8.58. The van der Waals surface area contributed by atoms with Gasteiger partial charge in [-0.3, -0.25) is 4.79 Å². The minimum Gasteiger partial charge on any atom is -0.431 e. The van der Waals surface area contributed by atoms with Crippen LogP contribution in [0.1, 0.15) is 13.8 Å². The molecule has 5 nitrogen and oxygen atoms in total. The van der Waals surface area contributed by atoms with Gasteiger partial charge in [-0.05, 0) is 25.6 Å². The van der Waals surface area contributed by atoms with Crippen molar-refractivity contribution in [1.29, 1.82) is 0 Å². The molecular weight excluding hydrogens is 298 g/mol. The van der Waals surface area contributed by atoms with E-state index in [1.807, 2.05) is 36.1 Å². The topological polar surface area (TPSA) is 49.6 Å². The number of thioether (sulfide) groups is 1. The quantitative estimate of drug-likeness (QED) is 0.810. The number of benzene rings is 1. The molecule has 1 aliphatic rings. The van der Waals surface area contributed by atoms with Crippen molar-refractivity contribution in [2.75, 3.05) is 32.7 Å². The van der Waals surface area contributed by atoms with Crippen LogP contribution < -0.4 is 0 Å². The summed E-state index contributed by atoms with van der Waals surface area (Å²) in [6.07, 6.45) is 0. The smallest absolute Gasteiger partial charge is 0.257 e. The molecule has 0 aliphatic carbocycles. The standard InChI is InChI=1S/C16H21N3O2S/c1-3-18-8-10-19(11-9-18)15(20)12(2)22-16-17-13-6-4-5-7-14(13)21-16/h4-7,12H,3,8-11H2,1-2H3. The van der Waals surface area contributed by atoms with Crippen LogP contribution >= 0.6 is 11.8 Å². The second-order valence-corrected chi connectivity index (χ2v) is 6.76. The Morgan fingerprint density at radius 1 is 1.32 bits per heavy atom. The van der Waals surface area contributed by atoms with E-state index < -0.39 is 0 Å². The van der Waals surface area contributed by atoms with Gasteiger partial charge in [0, 0.05) is 26.2 Å². The molecule has 0 radical (unpaired) electrons. The summed E-state index contributed by atoms with van der Waals surface area (Å²) in [6, 6.07) is 7.66. The minimum atomic E-state index is -0.179. The average Bonchev–Trinajstić information content (AvgIpc) is 2.96. The van der Waals surface area contributed by atoms with Crippen LogP contribution in [0.25, 0.3) is 11.1 Å². The van der Waals surface area contributed by atoms with Gasteiger partial charge in [0.2, 0.25) is 5.91 Å². The molecule has 6 heteroatoms. The third-order valence-electron chi connectivity index (χ3n) is 4.03. The molecule has 1 atom stereocenters. The number of likely N-dealkylation sites (N-methyl/N-ethyl adjacent to an activating group) is 1. The molecule has 2 aromatic rings. The van der Waals surface area contributed by atoms with Gasteiger partial charge in [-0.25, -0.2) is 4.98 Å². The van der Waals surface area contributed by atoms with Crippen LogP contribution in [0.2, 0.25) is 0 Å². The lowest BCUT2D eigenvalue weighted by Crippen LogP contribution is -2.50. The number of piperazine rings is 1. The van der Waals surface area contributed by atoms with Crippen LogP contribution in [-0.2, 0) is 4.79 Å². The van der Waals surface area contributed by atoms with Crippen molar-refractivity contribution in [3.05, 3.63) is 24.3 Å². The van der Waals surface area contributed by atoms with Crippen molar-refractivity contribution in [2.24, 2.45) is 0 Å². The summed E-state index contributed by atoms with van der Waals surface area (Å²) in [7, 11) is 0. The van der Waals surface area contributed by atoms with Gasteiger partial charge in [0.25, 0.3) is 5.22 Å². The molecule has 1 amide bonds. The number of hydrogen-bond donors (Lipinski definition) is 0. The van der Waals surface area contributed by atoms with E-state index in [2.05, 4.69) is 16.8 Å². The molecule has 1 fully saturated rings. The second kappa shape index (κ2) is 6.71. The molecule has 118 valence electrons. The van der Waals surface area contributed by atoms with Crippen molar-refractivity contribution in [2.45, 2.75) is 24.3 Å². The molecule has 1 aromatic carbocycles. The van der Waals surface area contributed by atoms with Gasteiger partial charge in [-0.15, -0.1) is 0 Å². The molecule has 0 N–H and O–H groups in total. The van der Waals surface area contributed by atoms with Crippen LogP contribution in [0.3, 0.4) is 0 Å². The molecular formula is C16H21N3O2S. The lowest BCUT2D eigenvalue weighted by Gasteiger charge is -2.35. The Morgan fingerprint density at radius 3 is 2.73 bits per heavy atom. The van der Waals surface area contributed by atoms with E-state index in [1.54, 1.807) is 0 Å². The third-order valence-corrected chi connectivity index (χ3v) is 4.96. The van der Waals surface area contributed by atoms with Crippen molar-refractivity contribution >= 4 is 28.8 Å². The fourth-order valence-electron chi connectivity index (χ4n) is 2.64. The van der Waals surface area contributed by atoms with Gasteiger partial charge in [-0.1, -0.05) is 30.8 Å². The van der Waals surface area contributed by atoms with E-state index in [0.29, 0.717) is 5.22 Å². The Kier molecular flexibility index (Phi) is 4.69. The van der Waals surface area contributed by atoms with Crippen LogP contribution in [0.15, 0.2) is 33.9 Å². The van der Waals surface area contributed by atoms with E-state index in [1.165, 1.54) is 11.8 Å². The van der Waals surface area contributed by atoms with E-state index in [4.69, 9.17) is 4.42 Å². The largest absolute Gasteiger partial charge is 0.431 e. The fraction of sp³-hybridized carbons (Fsp3) is 0.500. The van der Waals surface area contributed by atoms with Crippen molar-refractivity contribution in [3.63, 3.8) is 0 Å². The van der Waals surface area contributed by atoms with Crippen LogP contribution in [-0.4, -0.2) is 58.7 Å². The van der Waals surface area contributed by atoms with Gasteiger partial charge in [0.1, 0.15) is 5.52 Å². The lowest BCUT2D eigenvalue weighted by atomic mass is 10.3. The second-order valence-electron chi connectivity index (χ2n) is 5.47. The first-order chi connectivity index (χ1) is 10.7. The maximum Gasteiger partial charge on any atom is 0.257 e. The highest BCUT2D eigenvalue weighted by Gasteiger charge is 2.26. The van der Waals surface area contributed by atoms with Crippen molar-refractivity contribution in [3.8, 4) is 0 Å². The summed E-state index contributed by atoms with van der Waals surface area (Å²) in [6.45, 7) is 8.67. The summed E-state index contributed by atoms with van der Waals surface area (Å²) >= 11 is 1.40. The lowest BCUT2D eigenvalue weighted by molar-refractivity contribution is -0.132. The summed E-state index contributed by atoms with van der Waals surface area (Å²) < 4.78 is 5.68. The van der Waals surface area contributed by atoms with E-state index in [-0.39, 0.29) is 11.2 Å². The third kappa shape index (κ3) is 3.28. The molecule has 0 saturated carbocycles. The monoisotopic (exact) mass is 319 g/mol. The number of carbonyl (C=O) groups excluding carboxylic acids is 1. The number of fused-ring (bicyclic) bond motifs is 1. The molecule has 1 aliphatic heterocycles. The number of nitrogens with zero attached hydrogens (tertiary/aromatic N) is 3. The first kappa shape index (κ1) is 15.4. The van der Waals surface area contributed by atoms with E-state index >= 15 is 0 Å². The van der Waals surface area contributed by atoms with Gasteiger partial charge >= 0.3 is 0 Å². The predicted octanol–water partition coefficient (Wildman–Crippen LogP) is 2.47. The molecule has 0 spiro atoms. The number of amides is 1. The molecule has 0 bridgehead atoms. The Hall–Kier alpha value is -1.53. The zero-order chi connectivity index (χ0) is 15.5. The van der Waals surface area contributed by atoms with Crippen LogP contribution in [0.4, 0.5) is 0 Å². The number of aromatic nitrogens is 1. The Morgan fingerprint density at radius 2 is 2.05 bits per heavy atom. The zero-order valence-corrected chi connectivity index (χ0v) is 13.8. The van der Waals surface area contributed by atoms with Crippen LogP contribution in [0.5, 0.6) is 0 Å². The number of para-hydroxylation sites is 2. The maximum absolute atomic E-state index is 12.5. The molecule has 1 aromatic heterocycles. The van der Waals surface area contributed by atoms with Gasteiger partial charge in [0.15, 0.2) is 5.58 Å². The highest BCUT2D eigenvalue weighted by molar-refractivity contribution is 8.00. The van der Waals surface area contributed by atoms with E-state index in [0.717, 1.165) is 43.8 Å². The Balaban J connectivity index is 1.61.